The van der Waals surface area contributed by atoms with Gasteiger partial charge in [-0.2, -0.15) is 0 Å². The van der Waals surface area contributed by atoms with Crippen molar-refractivity contribution in [1.29, 1.82) is 0 Å². The fourth-order valence-electron chi connectivity index (χ4n) is 4.47. The second kappa shape index (κ2) is 9.98. The number of hydrogen-bond acceptors (Lipinski definition) is 4. The van der Waals surface area contributed by atoms with Gasteiger partial charge in [-0.15, -0.1) is 0 Å². The van der Waals surface area contributed by atoms with Crippen molar-refractivity contribution < 1.29 is 36.9 Å². The summed E-state index contributed by atoms with van der Waals surface area (Å²) in [5, 5.41) is 29.2. The number of carboxylic acid groups (broad SMARTS) is 2. The number of hydrogen-bond donors (Lipinski definition) is 0. The Morgan fingerprint density at radius 2 is 0.657 bits per heavy atom. The first kappa shape index (κ1) is 24.0. The maximum atomic E-state index is 11.3. The van der Waals surface area contributed by atoms with Crippen LogP contribution in [0.2, 0.25) is 0 Å². The minimum absolute atomic E-state index is 0. The first-order valence-corrected chi connectivity index (χ1v) is 10.8. The van der Waals surface area contributed by atoms with E-state index in [2.05, 4.69) is 0 Å². The van der Waals surface area contributed by atoms with Crippen molar-refractivity contribution in [3.8, 4) is 0 Å². The summed E-state index contributed by atoms with van der Waals surface area (Å²) in [7, 11) is 0. The Morgan fingerprint density at radius 3 is 0.886 bits per heavy atom. The minimum Gasteiger partial charge on any atom is -0.545 e. The molecule has 35 heavy (non-hydrogen) atoms. The average molecular weight is 506 g/mol. The molecule has 0 saturated heterocycles. The van der Waals surface area contributed by atoms with Crippen LogP contribution in [-0.4, -0.2) is 11.9 Å². The third kappa shape index (κ3) is 4.47. The molecular formula is C30H18CuO4. The van der Waals surface area contributed by atoms with Crippen molar-refractivity contribution >= 4 is 55.0 Å². The minimum atomic E-state index is -1.13. The summed E-state index contributed by atoms with van der Waals surface area (Å²) in [6.45, 7) is 0. The van der Waals surface area contributed by atoms with Crippen LogP contribution in [0.3, 0.4) is 0 Å². The zero-order chi connectivity index (χ0) is 23.7. The van der Waals surface area contributed by atoms with E-state index in [1.54, 1.807) is 0 Å². The molecule has 173 valence electrons. The van der Waals surface area contributed by atoms with E-state index in [1.165, 1.54) is 0 Å². The third-order valence-corrected chi connectivity index (χ3v) is 5.95. The summed E-state index contributed by atoms with van der Waals surface area (Å²) in [6, 6.07) is 33.8. The monoisotopic (exact) mass is 505 g/mol. The molecule has 6 aromatic carbocycles. The van der Waals surface area contributed by atoms with Gasteiger partial charge in [-0.3, -0.25) is 0 Å². The maximum Gasteiger partial charge on any atom is 2.00 e. The fraction of sp³-hybridized carbons (Fsp3) is 0. The molecule has 6 aromatic rings. The van der Waals surface area contributed by atoms with Gasteiger partial charge in [0.15, 0.2) is 0 Å². The van der Waals surface area contributed by atoms with E-state index < -0.39 is 11.9 Å². The van der Waals surface area contributed by atoms with Gasteiger partial charge in [-0.1, -0.05) is 97.1 Å². The van der Waals surface area contributed by atoms with Gasteiger partial charge < -0.3 is 19.8 Å². The van der Waals surface area contributed by atoms with E-state index in [1.807, 2.05) is 109 Å². The van der Waals surface area contributed by atoms with E-state index >= 15 is 0 Å². The Bertz CT molecular complexity index is 1490. The number of carbonyl (C=O) groups is 2. The van der Waals surface area contributed by atoms with Gasteiger partial charge in [0.1, 0.15) is 0 Å². The first-order chi connectivity index (χ1) is 16.5. The normalized spacial score (nSPS) is 10.5. The molecule has 0 unspecified atom stereocenters. The molecule has 6 rings (SSSR count). The Morgan fingerprint density at radius 1 is 0.429 bits per heavy atom. The van der Waals surface area contributed by atoms with Crippen LogP contribution < -0.4 is 10.2 Å². The molecule has 0 heterocycles. The summed E-state index contributed by atoms with van der Waals surface area (Å²) in [5.41, 5.74) is 0.553. The molecule has 0 aliphatic heterocycles. The van der Waals surface area contributed by atoms with Gasteiger partial charge in [0.25, 0.3) is 0 Å². The van der Waals surface area contributed by atoms with Crippen molar-refractivity contribution in [3.05, 3.63) is 120 Å². The molecule has 0 aromatic heterocycles. The third-order valence-electron chi connectivity index (χ3n) is 5.95. The number of fused-ring (bicyclic) bond motifs is 4. The summed E-state index contributed by atoms with van der Waals surface area (Å²) >= 11 is 0. The van der Waals surface area contributed by atoms with Crippen molar-refractivity contribution in [2.24, 2.45) is 0 Å². The van der Waals surface area contributed by atoms with Crippen LogP contribution in [0.1, 0.15) is 20.7 Å². The summed E-state index contributed by atoms with van der Waals surface area (Å²) in [4.78, 5) is 22.6. The van der Waals surface area contributed by atoms with Gasteiger partial charge in [0, 0.05) is 11.1 Å². The first-order valence-electron chi connectivity index (χ1n) is 10.8. The number of carbonyl (C=O) groups excluding carboxylic acids is 2. The van der Waals surface area contributed by atoms with Crippen LogP contribution in [0.5, 0.6) is 0 Å². The average Bonchev–Trinajstić information content (AvgIpc) is 2.85. The Kier molecular flexibility index (Phi) is 6.83. The predicted octanol–water partition coefficient (Wildman–Crippen LogP) is 4.71. The molecule has 0 spiro atoms. The van der Waals surface area contributed by atoms with E-state index in [4.69, 9.17) is 0 Å². The van der Waals surface area contributed by atoms with Gasteiger partial charge in [-0.25, -0.2) is 0 Å². The van der Waals surface area contributed by atoms with Crippen LogP contribution in [0.4, 0.5) is 0 Å². The van der Waals surface area contributed by atoms with Crippen molar-refractivity contribution in [3.63, 3.8) is 0 Å². The van der Waals surface area contributed by atoms with Crippen LogP contribution in [0.15, 0.2) is 109 Å². The SMILES string of the molecule is O=C([O-])c1c2ccccc2cc2ccccc12.O=C([O-])c1c2ccccc2cc2ccccc12.[Cu+2]. The standard InChI is InChI=1S/2C15H10O2.Cu/c2*16-15(17)14-12-7-3-1-5-10(12)9-11-6-2-4-8-13(11)14;/h2*1-9H,(H,16,17);/q;;+2/p-2. The summed E-state index contributed by atoms with van der Waals surface area (Å²) < 4.78 is 0. The second-order valence-corrected chi connectivity index (χ2v) is 7.96. The Hall–Kier alpha value is -4.18. The molecule has 0 amide bonds. The van der Waals surface area contributed by atoms with E-state index in [0.29, 0.717) is 0 Å². The molecule has 0 aliphatic carbocycles. The van der Waals surface area contributed by atoms with E-state index in [-0.39, 0.29) is 28.2 Å². The van der Waals surface area contributed by atoms with Gasteiger partial charge in [0.2, 0.25) is 0 Å². The van der Waals surface area contributed by atoms with Crippen molar-refractivity contribution in [2.75, 3.05) is 0 Å². The maximum absolute atomic E-state index is 11.3. The summed E-state index contributed by atoms with van der Waals surface area (Å²) in [5.74, 6) is -2.25. The zero-order valence-electron chi connectivity index (χ0n) is 18.3. The number of benzene rings is 6. The van der Waals surface area contributed by atoms with Crippen LogP contribution in [-0.2, 0) is 17.1 Å². The van der Waals surface area contributed by atoms with Crippen LogP contribution in [0, 0.1) is 0 Å². The zero-order valence-corrected chi connectivity index (χ0v) is 19.3. The molecule has 1 radical (unpaired) electrons. The van der Waals surface area contributed by atoms with Gasteiger partial charge in [-0.05, 0) is 55.2 Å². The quantitative estimate of drug-likeness (QED) is 0.252. The molecule has 0 aliphatic rings. The molecule has 0 fully saturated rings. The molecular weight excluding hydrogens is 488 g/mol. The topological polar surface area (TPSA) is 80.3 Å². The van der Waals surface area contributed by atoms with E-state index in [0.717, 1.165) is 43.1 Å². The molecule has 5 heteroatoms. The molecule has 4 nitrogen and oxygen atoms in total. The predicted molar refractivity (Wildman–Crippen MR) is 132 cm³/mol. The molecule has 0 atom stereocenters. The van der Waals surface area contributed by atoms with Crippen LogP contribution in [0.25, 0.3) is 43.1 Å². The van der Waals surface area contributed by atoms with Gasteiger partial charge in [0.05, 0.1) is 11.9 Å². The second-order valence-electron chi connectivity index (χ2n) is 7.96. The smallest absolute Gasteiger partial charge is 0.545 e. The summed E-state index contributed by atoms with van der Waals surface area (Å²) in [6.07, 6.45) is 0. The fourth-order valence-corrected chi connectivity index (χ4v) is 4.47. The van der Waals surface area contributed by atoms with Crippen molar-refractivity contribution in [1.82, 2.24) is 0 Å². The number of carboxylic acids is 2. The van der Waals surface area contributed by atoms with E-state index in [9.17, 15) is 19.8 Å². The molecule has 0 bridgehead atoms. The van der Waals surface area contributed by atoms with Crippen molar-refractivity contribution in [2.45, 2.75) is 0 Å². The Labute approximate surface area is 211 Å². The molecule has 0 N–H and O–H groups in total. The molecule has 0 saturated carbocycles. The largest absolute Gasteiger partial charge is 2.00 e. The number of aromatic carboxylic acids is 2. The van der Waals surface area contributed by atoms with Crippen LogP contribution >= 0.6 is 0 Å². The van der Waals surface area contributed by atoms with Gasteiger partial charge >= 0.3 is 17.1 Å². The number of rotatable bonds is 2. The Balaban J connectivity index is 0.000000160.